The topological polar surface area (TPSA) is 26.0 Å². The number of hydrogen-bond acceptors (Lipinski definition) is 1. The highest BCUT2D eigenvalue weighted by atomic mass is 35.5. The molecule has 1 nitrogen and oxygen atoms in total. The van der Waals surface area contributed by atoms with Gasteiger partial charge in [-0.1, -0.05) is 17.2 Å². The van der Waals surface area contributed by atoms with Gasteiger partial charge in [0.25, 0.3) is 0 Å². The quantitative estimate of drug-likeness (QED) is 0.702. The van der Waals surface area contributed by atoms with Crippen LogP contribution in [0, 0.1) is 0 Å². The van der Waals surface area contributed by atoms with Gasteiger partial charge in [-0.2, -0.15) is 13.2 Å². The molecule has 0 aromatic carbocycles. The van der Waals surface area contributed by atoms with E-state index in [9.17, 15) is 13.2 Å². The highest BCUT2D eigenvalue weighted by molar-refractivity contribution is 6.29. The molecular formula is C8H11ClF3N. The SMILES string of the molecule is C/C(Cl)=C(\C=C(/C)CN)C(F)(F)F. The number of alkyl halides is 3. The molecule has 0 aliphatic heterocycles. The van der Waals surface area contributed by atoms with Crippen LogP contribution in [0.3, 0.4) is 0 Å². The van der Waals surface area contributed by atoms with Gasteiger partial charge in [0.05, 0.1) is 5.57 Å². The van der Waals surface area contributed by atoms with Crippen molar-refractivity contribution in [3.8, 4) is 0 Å². The Morgan fingerprint density at radius 1 is 1.38 bits per heavy atom. The summed E-state index contributed by atoms with van der Waals surface area (Å²) in [7, 11) is 0. The highest BCUT2D eigenvalue weighted by Crippen LogP contribution is 2.31. The minimum Gasteiger partial charge on any atom is -0.327 e. The van der Waals surface area contributed by atoms with Gasteiger partial charge >= 0.3 is 6.18 Å². The first kappa shape index (κ1) is 12.5. The van der Waals surface area contributed by atoms with Gasteiger partial charge < -0.3 is 5.73 Å². The summed E-state index contributed by atoms with van der Waals surface area (Å²) in [5.41, 5.74) is 4.76. The average molecular weight is 214 g/mol. The molecule has 0 radical (unpaired) electrons. The summed E-state index contributed by atoms with van der Waals surface area (Å²) in [4.78, 5) is 0. The van der Waals surface area contributed by atoms with E-state index in [4.69, 9.17) is 17.3 Å². The van der Waals surface area contributed by atoms with E-state index < -0.39 is 11.7 Å². The summed E-state index contributed by atoms with van der Waals surface area (Å²) >= 11 is 5.30. The van der Waals surface area contributed by atoms with Gasteiger partial charge in [0.2, 0.25) is 0 Å². The number of rotatable bonds is 2. The van der Waals surface area contributed by atoms with Crippen LogP contribution in [0.5, 0.6) is 0 Å². The Bertz CT molecular complexity index is 236. The second-order valence-corrected chi connectivity index (χ2v) is 3.21. The number of halogens is 4. The minimum atomic E-state index is -4.41. The van der Waals surface area contributed by atoms with Gasteiger partial charge in [-0.05, 0) is 19.9 Å². The second kappa shape index (κ2) is 4.67. The van der Waals surface area contributed by atoms with E-state index in [2.05, 4.69) is 0 Å². The molecule has 13 heavy (non-hydrogen) atoms. The largest absolute Gasteiger partial charge is 0.417 e. The van der Waals surface area contributed by atoms with Crippen molar-refractivity contribution in [1.29, 1.82) is 0 Å². The van der Waals surface area contributed by atoms with E-state index in [1.54, 1.807) is 0 Å². The molecule has 5 heteroatoms. The first-order valence-electron chi connectivity index (χ1n) is 3.60. The lowest BCUT2D eigenvalue weighted by Gasteiger charge is -2.09. The van der Waals surface area contributed by atoms with Crippen molar-refractivity contribution in [2.45, 2.75) is 20.0 Å². The molecule has 0 saturated carbocycles. The predicted octanol–water partition coefficient (Wildman–Crippen LogP) is 2.97. The van der Waals surface area contributed by atoms with E-state index >= 15 is 0 Å². The third-order valence-electron chi connectivity index (χ3n) is 1.39. The van der Waals surface area contributed by atoms with Crippen LogP contribution in [0.25, 0.3) is 0 Å². The summed E-state index contributed by atoms with van der Waals surface area (Å²) in [5, 5.41) is -0.277. The number of nitrogens with two attached hydrogens (primary N) is 1. The molecular weight excluding hydrogens is 203 g/mol. The molecule has 0 unspecified atom stereocenters. The number of allylic oxidation sites excluding steroid dienone is 3. The molecule has 0 amide bonds. The van der Waals surface area contributed by atoms with Crippen molar-refractivity contribution in [2.24, 2.45) is 5.73 Å². The standard InChI is InChI=1S/C8H11ClF3N/c1-5(4-13)3-7(6(2)9)8(10,11)12/h3H,4,13H2,1-2H3/b5-3+,7-6-. The molecule has 0 heterocycles. The molecule has 0 spiro atoms. The molecule has 76 valence electrons. The summed E-state index contributed by atoms with van der Waals surface area (Å²) < 4.78 is 36.7. The Hall–Kier alpha value is -0.480. The monoisotopic (exact) mass is 213 g/mol. The normalized spacial score (nSPS) is 15.8. The van der Waals surface area contributed by atoms with Gasteiger partial charge in [-0.15, -0.1) is 0 Å². The van der Waals surface area contributed by atoms with Gasteiger partial charge in [-0.3, -0.25) is 0 Å². The zero-order chi connectivity index (χ0) is 10.6. The van der Waals surface area contributed by atoms with Crippen LogP contribution in [0.1, 0.15) is 13.8 Å². The first-order chi connectivity index (χ1) is 5.79. The highest BCUT2D eigenvalue weighted by Gasteiger charge is 2.33. The Morgan fingerprint density at radius 3 is 2.08 bits per heavy atom. The predicted molar refractivity (Wildman–Crippen MR) is 47.4 cm³/mol. The van der Waals surface area contributed by atoms with Crippen LogP contribution in [0.2, 0.25) is 0 Å². The lowest BCUT2D eigenvalue weighted by atomic mass is 10.1. The molecule has 0 atom stereocenters. The van der Waals surface area contributed by atoms with E-state index in [0.29, 0.717) is 5.57 Å². The van der Waals surface area contributed by atoms with Gasteiger partial charge in [0, 0.05) is 11.6 Å². The summed E-state index contributed by atoms with van der Waals surface area (Å²) in [6, 6.07) is 0. The smallest absolute Gasteiger partial charge is 0.327 e. The van der Waals surface area contributed by atoms with Gasteiger partial charge in [0.15, 0.2) is 0 Å². The van der Waals surface area contributed by atoms with Crippen LogP contribution in [-0.2, 0) is 0 Å². The van der Waals surface area contributed by atoms with E-state index in [1.807, 2.05) is 0 Å². The van der Waals surface area contributed by atoms with Crippen molar-refractivity contribution in [1.82, 2.24) is 0 Å². The molecule has 0 bridgehead atoms. The van der Waals surface area contributed by atoms with E-state index in [0.717, 1.165) is 6.08 Å². The molecule has 0 fully saturated rings. The van der Waals surface area contributed by atoms with Crippen molar-refractivity contribution in [3.63, 3.8) is 0 Å². The maximum Gasteiger partial charge on any atom is 0.417 e. The zero-order valence-electron chi connectivity index (χ0n) is 7.37. The summed E-state index contributed by atoms with van der Waals surface area (Å²) in [5.74, 6) is 0. The third kappa shape index (κ3) is 4.33. The van der Waals surface area contributed by atoms with Crippen LogP contribution in [0.15, 0.2) is 22.3 Å². The van der Waals surface area contributed by atoms with Gasteiger partial charge in [-0.25, -0.2) is 0 Å². The lowest BCUT2D eigenvalue weighted by molar-refractivity contribution is -0.0886. The van der Waals surface area contributed by atoms with E-state index in [-0.39, 0.29) is 11.6 Å². The fourth-order valence-electron chi connectivity index (χ4n) is 0.682. The maximum atomic E-state index is 12.2. The van der Waals surface area contributed by atoms with E-state index in [1.165, 1.54) is 13.8 Å². The van der Waals surface area contributed by atoms with Crippen LogP contribution in [0.4, 0.5) is 13.2 Å². The van der Waals surface area contributed by atoms with Crippen molar-refractivity contribution in [2.75, 3.05) is 6.54 Å². The average Bonchev–Trinajstić information content (AvgIpc) is 1.96. The molecule has 0 aromatic heterocycles. The lowest BCUT2D eigenvalue weighted by Crippen LogP contribution is -2.12. The van der Waals surface area contributed by atoms with Crippen LogP contribution >= 0.6 is 11.6 Å². The van der Waals surface area contributed by atoms with Crippen molar-refractivity contribution < 1.29 is 13.2 Å². The molecule has 0 saturated heterocycles. The molecule has 0 aliphatic carbocycles. The minimum absolute atomic E-state index is 0.0871. The molecule has 0 aromatic rings. The summed E-state index contributed by atoms with van der Waals surface area (Å²) in [6.45, 7) is 2.81. The maximum absolute atomic E-state index is 12.2. The Morgan fingerprint density at radius 2 is 1.85 bits per heavy atom. The summed E-state index contributed by atoms with van der Waals surface area (Å²) in [6.07, 6.45) is -3.45. The van der Waals surface area contributed by atoms with Crippen LogP contribution in [-0.4, -0.2) is 12.7 Å². The zero-order valence-corrected chi connectivity index (χ0v) is 8.13. The molecule has 0 aliphatic rings. The van der Waals surface area contributed by atoms with Crippen molar-refractivity contribution in [3.05, 3.63) is 22.3 Å². The third-order valence-corrected chi connectivity index (χ3v) is 1.59. The fourth-order valence-corrected chi connectivity index (χ4v) is 0.844. The van der Waals surface area contributed by atoms with Crippen LogP contribution < -0.4 is 5.73 Å². The Labute approximate surface area is 80.1 Å². The number of hydrogen-bond donors (Lipinski definition) is 1. The Kier molecular flexibility index (Phi) is 4.50. The Balaban J connectivity index is 5.00. The second-order valence-electron chi connectivity index (χ2n) is 2.64. The van der Waals surface area contributed by atoms with Gasteiger partial charge in [0.1, 0.15) is 0 Å². The fraction of sp³-hybridized carbons (Fsp3) is 0.500. The molecule has 0 rings (SSSR count). The first-order valence-corrected chi connectivity index (χ1v) is 3.97. The van der Waals surface area contributed by atoms with Crippen molar-refractivity contribution >= 4 is 11.6 Å². The molecule has 2 N–H and O–H groups in total.